The van der Waals surface area contributed by atoms with Crippen molar-refractivity contribution in [1.82, 2.24) is 0 Å². The number of nitrogens with one attached hydrogen (secondary N) is 2. The number of rotatable bonds is 2. The lowest BCUT2D eigenvalue weighted by molar-refractivity contribution is -0.116. The number of aryl methyl sites for hydroxylation is 1. The number of nitrogen functional groups attached to an aromatic ring is 1. The van der Waals surface area contributed by atoms with Gasteiger partial charge in [-0.1, -0.05) is 0 Å². The molecule has 4 N–H and O–H groups in total. The number of halogens is 2. The second kappa shape index (κ2) is 5.37. The zero-order valence-electron chi connectivity index (χ0n) is 11.0. The molecule has 0 spiro atoms. The first-order valence-corrected chi connectivity index (χ1v) is 7.26. The number of carbonyl (C=O) groups excluding carboxylic acids is 1. The van der Waals surface area contributed by atoms with E-state index in [0.717, 1.165) is 11.3 Å². The van der Waals surface area contributed by atoms with Crippen molar-refractivity contribution in [3.05, 3.63) is 46.2 Å². The average Bonchev–Trinajstić information content (AvgIpc) is 2.44. The second-order valence-electron chi connectivity index (χ2n) is 4.90. The second-order valence-corrected chi connectivity index (χ2v) is 5.75. The van der Waals surface area contributed by atoms with Crippen LogP contribution < -0.4 is 16.4 Å². The molecule has 1 amide bonds. The Balaban J connectivity index is 1.93. The van der Waals surface area contributed by atoms with Crippen molar-refractivity contribution in [3.8, 4) is 0 Å². The van der Waals surface area contributed by atoms with Crippen LogP contribution in [0.2, 0.25) is 0 Å². The summed E-state index contributed by atoms with van der Waals surface area (Å²) in [5, 5.41) is 5.89. The number of hydrogen-bond acceptors (Lipinski definition) is 3. The lowest BCUT2D eigenvalue weighted by Crippen LogP contribution is -2.19. The Morgan fingerprint density at radius 1 is 1.24 bits per heavy atom. The number of fused-ring (bicyclic) bond motifs is 1. The molecule has 0 bridgehead atoms. The molecule has 21 heavy (non-hydrogen) atoms. The van der Waals surface area contributed by atoms with Gasteiger partial charge >= 0.3 is 0 Å². The fourth-order valence-electron chi connectivity index (χ4n) is 2.29. The van der Waals surface area contributed by atoms with Crippen LogP contribution in [0.25, 0.3) is 0 Å². The van der Waals surface area contributed by atoms with Gasteiger partial charge in [0.15, 0.2) is 0 Å². The van der Waals surface area contributed by atoms with Crippen LogP contribution in [0.4, 0.5) is 27.1 Å². The van der Waals surface area contributed by atoms with Crippen molar-refractivity contribution >= 4 is 44.6 Å². The molecule has 1 aliphatic rings. The molecule has 0 aliphatic carbocycles. The third kappa shape index (κ3) is 2.85. The molecule has 3 rings (SSSR count). The topological polar surface area (TPSA) is 67.2 Å². The molecule has 2 aromatic rings. The van der Waals surface area contributed by atoms with Crippen molar-refractivity contribution in [3.63, 3.8) is 0 Å². The van der Waals surface area contributed by atoms with Crippen LogP contribution in [-0.2, 0) is 11.2 Å². The van der Waals surface area contributed by atoms with Gasteiger partial charge in [-0.2, -0.15) is 0 Å². The quantitative estimate of drug-likeness (QED) is 0.722. The smallest absolute Gasteiger partial charge is 0.224 e. The van der Waals surface area contributed by atoms with Crippen LogP contribution in [-0.4, -0.2) is 5.91 Å². The lowest BCUT2D eigenvalue weighted by atomic mass is 10.0. The standard InChI is InChI=1S/C15H13BrFN3O/c16-10-3-2-9(6-11(10)17)19-14-7-13-8(5-12(14)18)1-4-15(21)20-13/h2-3,5-7,19H,1,4,18H2,(H,20,21). The Kier molecular flexibility index (Phi) is 3.55. The molecular formula is C15H13BrFN3O. The third-order valence-corrected chi connectivity index (χ3v) is 4.01. The maximum absolute atomic E-state index is 13.5. The maximum Gasteiger partial charge on any atom is 0.224 e. The van der Waals surface area contributed by atoms with Crippen molar-refractivity contribution in [2.24, 2.45) is 0 Å². The lowest BCUT2D eigenvalue weighted by Gasteiger charge is -2.20. The van der Waals surface area contributed by atoms with Crippen molar-refractivity contribution in [2.75, 3.05) is 16.4 Å². The highest BCUT2D eigenvalue weighted by molar-refractivity contribution is 9.10. The van der Waals surface area contributed by atoms with Gasteiger partial charge in [0.2, 0.25) is 5.91 Å². The summed E-state index contributed by atoms with van der Waals surface area (Å²) in [5.41, 5.74) is 9.57. The van der Waals surface area contributed by atoms with E-state index in [-0.39, 0.29) is 11.7 Å². The predicted molar refractivity (Wildman–Crippen MR) is 85.2 cm³/mol. The van der Waals surface area contributed by atoms with Crippen LogP contribution in [0.15, 0.2) is 34.8 Å². The Bertz CT molecular complexity index is 733. The number of carbonyl (C=O) groups is 1. The number of hydrogen-bond donors (Lipinski definition) is 3. The summed E-state index contributed by atoms with van der Waals surface area (Å²) in [6.07, 6.45) is 1.15. The summed E-state index contributed by atoms with van der Waals surface area (Å²) in [4.78, 5) is 11.4. The average molecular weight is 350 g/mol. The van der Waals surface area contributed by atoms with E-state index in [1.54, 1.807) is 18.2 Å². The largest absolute Gasteiger partial charge is 0.397 e. The Morgan fingerprint density at radius 3 is 2.81 bits per heavy atom. The summed E-state index contributed by atoms with van der Waals surface area (Å²) in [5.74, 6) is -0.363. The zero-order chi connectivity index (χ0) is 15.0. The number of amides is 1. The van der Waals surface area contributed by atoms with Crippen LogP contribution in [0, 0.1) is 5.82 Å². The van der Waals surface area contributed by atoms with Gasteiger partial charge in [0.05, 0.1) is 15.8 Å². The highest BCUT2D eigenvalue weighted by Gasteiger charge is 2.16. The molecule has 1 aliphatic heterocycles. The minimum atomic E-state index is -0.357. The molecule has 4 nitrogen and oxygen atoms in total. The Labute approximate surface area is 129 Å². The Hall–Kier alpha value is -2.08. The van der Waals surface area contributed by atoms with E-state index in [1.807, 2.05) is 6.07 Å². The van der Waals surface area contributed by atoms with Gasteiger partial charge < -0.3 is 16.4 Å². The normalized spacial score (nSPS) is 13.5. The molecule has 0 saturated carbocycles. The van der Waals surface area contributed by atoms with Gasteiger partial charge in [0.25, 0.3) is 0 Å². The van der Waals surface area contributed by atoms with Crippen molar-refractivity contribution < 1.29 is 9.18 Å². The summed E-state index contributed by atoms with van der Waals surface area (Å²) in [6, 6.07) is 8.36. The summed E-state index contributed by atoms with van der Waals surface area (Å²) < 4.78 is 13.9. The molecule has 108 valence electrons. The van der Waals surface area contributed by atoms with E-state index >= 15 is 0 Å². The summed E-state index contributed by atoms with van der Waals surface area (Å²) >= 11 is 3.11. The first-order valence-electron chi connectivity index (χ1n) is 6.47. The van der Waals surface area contributed by atoms with Crippen molar-refractivity contribution in [2.45, 2.75) is 12.8 Å². The van der Waals surface area contributed by atoms with Crippen LogP contribution >= 0.6 is 15.9 Å². The minimum Gasteiger partial charge on any atom is -0.397 e. The van der Waals surface area contributed by atoms with Gasteiger partial charge in [0.1, 0.15) is 5.82 Å². The minimum absolute atomic E-state index is 0.00657. The first kappa shape index (κ1) is 13.9. The van der Waals surface area contributed by atoms with Crippen LogP contribution in [0.3, 0.4) is 0 Å². The first-order chi connectivity index (χ1) is 10.0. The van der Waals surface area contributed by atoms with E-state index in [1.165, 1.54) is 6.07 Å². The highest BCUT2D eigenvalue weighted by atomic mass is 79.9. The van der Waals surface area contributed by atoms with E-state index in [9.17, 15) is 9.18 Å². The third-order valence-electron chi connectivity index (χ3n) is 3.37. The molecular weight excluding hydrogens is 337 g/mol. The molecule has 6 heteroatoms. The van der Waals surface area contributed by atoms with Crippen molar-refractivity contribution in [1.29, 1.82) is 0 Å². The number of nitrogens with two attached hydrogens (primary N) is 1. The highest BCUT2D eigenvalue weighted by Crippen LogP contribution is 2.33. The van der Waals surface area contributed by atoms with Gasteiger partial charge in [-0.05, 0) is 58.2 Å². The molecule has 1 heterocycles. The fraction of sp³-hybridized carbons (Fsp3) is 0.133. The van der Waals surface area contributed by atoms with Crippen LogP contribution in [0.5, 0.6) is 0 Å². The molecule has 0 atom stereocenters. The fourth-order valence-corrected chi connectivity index (χ4v) is 2.53. The number of anilines is 4. The number of benzene rings is 2. The summed E-state index contributed by atoms with van der Waals surface area (Å²) in [6.45, 7) is 0. The molecule has 0 saturated heterocycles. The van der Waals surface area contributed by atoms with Gasteiger partial charge in [-0.3, -0.25) is 4.79 Å². The molecule has 0 fully saturated rings. The van der Waals surface area contributed by atoms with Gasteiger partial charge in [0, 0.05) is 17.8 Å². The molecule has 2 aromatic carbocycles. The molecule has 0 aromatic heterocycles. The molecule has 0 unspecified atom stereocenters. The molecule has 0 radical (unpaired) electrons. The van der Waals surface area contributed by atoms with Gasteiger partial charge in [-0.25, -0.2) is 4.39 Å². The monoisotopic (exact) mass is 349 g/mol. The zero-order valence-corrected chi connectivity index (χ0v) is 12.6. The van der Waals surface area contributed by atoms with E-state index in [0.29, 0.717) is 34.4 Å². The predicted octanol–water partition coefficient (Wildman–Crippen LogP) is 3.80. The Morgan fingerprint density at radius 2 is 2.05 bits per heavy atom. The maximum atomic E-state index is 13.5. The van der Waals surface area contributed by atoms with E-state index < -0.39 is 0 Å². The summed E-state index contributed by atoms with van der Waals surface area (Å²) in [7, 11) is 0. The van der Waals surface area contributed by atoms with E-state index in [2.05, 4.69) is 26.6 Å². The SMILES string of the molecule is Nc1cc2c(cc1Nc1ccc(Br)c(F)c1)NC(=O)CC2. The van der Waals surface area contributed by atoms with Gasteiger partial charge in [-0.15, -0.1) is 0 Å². The van der Waals surface area contributed by atoms with E-state index in [4.69, 9.17) is 5.73 Å². The van der Waals surface area contributed by atoms with Crippen LogP contribution in [0.1, 0.15) is 12.0 Å².